The highest BCUT2D eigenvalue weighted by Gasteiger charge is 2.19. The Kier molecular flexibility index (Phi) is 6.30. The number of hydrogen-bond donors (Lipinski definition) is 2. The van der Waals surface area contributed by atoms with E-state index in [0.717, 1.165) is 23.5 Å². The van der Waals surface area contributed by atoms with Crippen LogP contribution in [0.4, 0.5) is 0 Å². The van der Waals surface area contributed by atoms with Gasteiger partial charge in [-0.15, -0.1) is 11.3 Å². The summed E-state index contributed by atoms with van der Waals surface area (Å²) in [5, 5.41) is 4.00. The third kappa shape index (κ3) is 5.15. The van der Waals surface area contributed by atoms with Crippen molar-refractivity contribution in [3.05, 3.63) is 51.5 Å². The normalized spacial score (nSPS) is 12.4. The molecule has 4 nitrogen and oxygen atoms in total. The summed E-state index contributed by atoms with van der Waals surface area (Å²) in [7, 11) is 0. The smallest absolute Gasteiger partial charge is 0.263 e. The number of aryl methyl sites for hydroxylation is 1. The maximum atomic E-state index is 12.5. The van der Waals surface area contributed by atoms with Gasteiger partial charge in [-0.05, 0) is 24.8 Å². The molecule has 0 spiro atoms. The zero-order valence-corrected chi connectivity index (χ0v) is 14.8. The molecule has 0 bridgehead atoms. The Hall–Kier alpha value is -1.72. The summed E-state index contributed by atoms with van der Waals surface area (Å²) in [4.78, 5) is 17.7. The van der Waals surface area contributed by atoms with Gasteiger partial charge in [-0.1, -0.05) is 44.2 Å². The van der Waals surface area contributed by atoms with Crippen LogP contribution in [0.2, 0.25) is 0 Å². The zero-order valence-electron chi connectivity index (χ0n) is 14.0. The van der Waals surface area contributed by atoms with E-state index in [2.05, 4.69) is 36.3 Å². The molecule has 0 fully saturated rings. The minimum absolute atomic E-state index is 0.0153. The van der Waals surface area contributed by atoms with E-state index in [-0.39, 0.29) is 11.9 Å². The molecular weight excluding hydrogens is 306 g/mol. The third-order valence-electron chi connectivity index (χ3n) is 3.62. The molecule has 1 amide bonds. The van der Waals surface area contributed by atoms with Gasteiger partial charge in [-0.25, -0.2) is 4.98 Å². The molecule has 0 aliphatic carbocycles. The second-order valence-electron chi connectivity index (χ2n) is 6.22. The van der Waals surface area contributed by atoms with Gasteiger partial charge in [0, 0.05) is 19.0 Å². The first-order valence-corrected chi connectivity index (χ1v) is 8.82. The molecular formula is C18H25N3OS. The molecule has 1 unspecified atom stereocenters. The van der Waals surface area contributed by atoms with E-state index in [1.807, 2.05) is 25.1 Å². The van der Waals surface area contributed by atoms with Crippen molar-refractivity contribution in [1.82, 2.24) is 10.3 Å². The average molecular weight is 331 g/mol. The summed E-state index contributed by atoms with van der Waals surface area (Å²) < 4.78 is 0. The van der Waals surface area contributed by atoms with Crippen LogP contribution in [-0.4, -0.2) is 23.5 Å². The van der Waals surface area contributed by atoms with Crippen molar-refractivity contribution in [3.8, 4) is 0 Å². The number of nitrogens with one attached hydrogen (secondary N) is 1. The average Bonchev–Trinajstić information content (AvgIpc) is 2.87. The van der Waals surface area contributed by atoms with Crippen molar-refractivity contribution in [2.75, 3.05) is 6.54 Å². The fourth-order valence-electron chi connectivity index (χ4n) is 2.54. The molecule has 3 N–H and O–H groups in total. The number of carbonyl (C=O) groups is 1. The van der Waals surface area contributed by atoms with Gasteiger partial charge in [0.05, 0.1) is 10.7 Å². The number of rotatable bonds is 7. The molecule has 0 saturated heterocycles. The molecule has 23 heavy (non-hydrogen) atoms. The number of hydrogen-bond acceptors (Lipinski definition) is 4. The predicted molar refractivity (Wildman–Crippen MR) is 95.9 cm³/mol. The van der Waals surface area contributed by atoms with Crippen molar-refractivity contribution in [1.29, 1.82) is 0 Å². The van der Waals surface area contributed by atoms with Crippen LogP contribution in [0.25, 0.3) is 0 Å². The minimum Gasteiger partial charge on any atom is -0.347 e. The Labute approximate surface area is 142 Å². The van der Waals surface area contributed by atoms with Crippen molar-refractivity contribution in [3.63, 3.8) is 0 Å². The number of thiazole rings is 1. The van der Waals surface area contributed by atoms with Crippen LogP contribution in [0.1, 0.15) is 46.2 Å². The summed E-state index contributed by atoms with van der Waals surface area (Å²) in [6.07, 6.45) is 1.64. The number of amides is 1. The van der Waals surface area contributed by atoms with Crippen LogP contribution in [0.3, 0.4) is 0 Å². The first-order valence-electron chi connectivity index (χ1n) is 8.00. The highest BCUT2D eigenvalue weighted by Crippen LogP contribution is 2.21. The highest BCUT2D eigenvalue weighted by molar-refractivity contribution is 7.13. The summed E-state index contributed by atoms with van der Waals surface area (Å²) in [6, 6.07) is 10.2. The van der Waals surface area contributed by atoms with E-state index in [0.29, 0.717) is 17.3 Å². The summed E-state index contributed by atoms with van der Waals surface area (Å²) in [6.45, 7) is 6.61. The van der Waals surface area contributed by atoms with Gasteiger partial charge in [0.1, 0.15) is 4.88 Å². The Morgan fingerprint density at radius 3 is 2.61 bits per heavy atom. The topological polar surface area (TPSA) is 68.0 Å². The van der Waals surface area contributed by atoms with Crippen LogP contribution < -0.4 is 11.1 Å². The molecule has 1 aromatic carbocycles. The van der Waals surface area contributed by atoms with E-state index in [4.69, 9.17) is 5.73 Å². The Bertz CT molecular complexity index is 637. The number of benzene rings is 1. The van der Waals surface area contributed by atoms with Gasteiger partial charge in [-0.3, -0.25) is 4.79 Å². The molecule has 2 rings (SSSR count). The largest absolute Gasteiger partial charge is 0.347 e. The summed E-state index contributed by atoms with van der Waals surface area (Å²) >= 11 is 1.47. The molecule has 5 heteroatoms. The second-order valence-corrected chi connectivity index (χ2v) is 7.30. The maximum Gasteiger partial charge on any atom is 0.263 e. The SMILES string of the molecule is Cc1nc(Cc2ccccc2)sc1C(=O)NC(CN)CC(C)C. The fraction of sp³-hybridized carbons (Fsp3) is 0.444. The Balaban J connectivity index is 2.06. The molecule has 0 saturated carbocycles. The van der Waals surface area contributed by atoms with E-state index in [9.17, 15) is 4.79 Å². The lowest BCUT2D eigenvalue weighted by Crippen LogP contribution is -2.41. The summed E-state index contributed by atoms with van der Waals surface area (Å²) in [5.74, 6) is 0.440. The van der Waals surface area contributed by atoms with Crippen molar-refractivity contribution >= 4 is 17.2 Å². The molecule has 0 radical (unpaired) electrons. The monoisotopic (exact) mass is 331 g/mol. The quantitative estimate of drug-likeness (QED) is 0.819. The maximum absolute atomic E-state index is 12.5. The molecule has 1 atom stereocenters. The third-order valence-corrected chi connectivity index (χ3v) is 4.78. The standard InChI is InChI=1S/C18H25N3OS/c1-12(2)9-15(11-19)21-18(22)17-13(3)20-16(23-17)10-14-7-5-4-6-8-14/h4-8,12,15H,9-11,19H2,1-3H3,(H,21,22). The number of nitrogens with zero attached hydrogens (tertiary/aromatic N) is 1. The van der Waals surface area contributed by atoms with E-state index in [1.165, 1.54) is 16.9 Å². The van der Waals surface area contributed by atoms with Gasteiger partial charge >= 0.3 is 0 Å². The fourth-order valence-corrected chi connectivity index (χ4v) is 3.55. The molecule has 0 aliphatic heterocycles. The molecule has 2 aromatic rings. The summed E-state index contributed by atoms with van der Waals surface area (Å²) in [5.41, 5.74) is 7.76. The predicted octanol–water partition coefficient (Wildman–Crippen LogP) is 3.15. The highest BCUT2D eigenvalue weighted by atomic mass is 32.1. The van der Waals surface area contributed by atoms with Gasteiger partial charge in [0.2, 0.25) is 0 Å². The van der Waals surface area contributed by atoms with Gasteiger partial charge < -0.3 is 11.1 Å². The number of nitrogens with two attached hydrogens (primary N) is 1. The number of carbonyl (C=O) groups excluding carboxylic acids is 1. The lowest BCUT2D eigenvalue weighted by atomic mass is 10.0. The Morgan fingerprint density at radius 1 is 1.30 bits per heavy atom. The second kappa shape index (κ2) is 8.22. The minimum atomic E-state index is -0.0598. The van der Waals surface area contributed by atoms with Crippen LogP contribution >= 0.6 is 11.3 Å². The van der Waals surface area contributed by atoms with E-state index in [1.54, 1.807) is 0 Å². The number of aromatic nitrogens is 1. The van der Waals surface area contributed by atoms with Crippen LogP contribution in [-0.2, 0) is 6.42 Å². The zero-order chi connectivity index (χ0) is 16.8. The lowest BCUT2D eigenvalue weighted by molar-refractivity contribution is 0.0937. The van der Waals surface area contributed by atoms with Crippen molar-refractivity contribution in [2.24, 2.45) is 11.7 Å². The van der Waals surface area contributed by atoms with Crippen molar-refractivity contribution < 1.29 is 4.79 Å². The first-order chi connectivity index (χ1) is 11.0. The van der Waals surface area contributed by atoms with E-state index >= 15 is 0 Å². The molecule has 124 valence electrons. The van der Waals surface area contributed by atoms with E-state index < -0.39 is 0 Å². The lowest BCUT2D eigenvalue weighted by Gasteiger charge is -2.18. The van der Waals surface area contributed by atoms with Crippen molar-refractivity contribution in [2.45, 2.75) is 39.7 Å². The van der Waals surface area contributed by atoms with Gasteiger partial charge in [0.15, 0.2) is 0 Å². The Morgan fingerprint density at radius 2 is 2.00 bits per heavy atom. The molecule has 0 aliphatic rings. The van der Waals surface area contributed by atoms with Gasteiger partial charge in [0.25, 0.3) is 5.91 Å². The van der Waals surface area contributed by atoms with Crippen LogP contribution in [0, 0.1) is 12.8 Å². The first kappa shape index (κ1) is 17.6. The molecule has 1 heterocycles. The molecule has 1 aromatic heterocycles. The van der Waals surface area contributed by atoms with Crippen LogP contribution in [0.15, 0.2) is 30.3 Å². The van der Waals surface area contributed by atoms with Gasteiger partial charge in [-0.2, -0.15) is 0 Å². The van der Waals surface area contributed by atoms with Crippen LogP contribution in [0.5, 0.6) is 0 Å².